The number of benzene rings is 1. The minimum atomic E-state index is 0.289. The van der Waals surface area contributed by atoms with Crippen LogP contribution in [0.2, 0.25) is 0 Å². The van der Waals surface area contributed by atoms with Gasteiger partial charge < -0.3 is 10.1 Å². The van der Waals surface area contributed by atoms with E-state index >= 15 is 0 Å². The number of pyridine rings is 1. The SMILES string of the molecule is Cc1ccc(OCC(C)NCc2cncc(C)c2)cc1. The Bertz CT molecular complexity index is 537. The molecule has 0 aliphatic carbocycles. The molecule has 3 nitrogen and oxygen atoms in total. The molecule has 1 unspecified atom stereocenters. The standard InChI is InChI=1S/C17H22N2O/c1-13-4-6-17(7-5-13)20-12-15(3)19-11-16-8-14(2)9-18-10-16/h4-10,15,19H,11-12H2,1-3H3. The van der Waals surface area contributed by atoms with E-state index in [0.29, 0.717) is 6.61 Å². The van der Waals surface area contributed by atoms with Crippen LogP contribution in [0.25, 0.3) is 0 Å². The summed E-state index contributed by atoms with van der Waals surface area (Å²) in [7, 11) is 0. The summed E-state index contributed by atoms with van der Waals surface area (Å²) in [5.74, 6) is 0.918. The lowest BCUT2D eigenvalue weighted by Crippen LogP contribution is -2.31. The third-order valence-corrected chi connectivity index (χ3v) is 3.11. The topological polar surface area (TPSA) is 34.1 Å². The lowest BCUT2D eigenvalue weighted by Gasteiger charge is -2.15. The molecule has 2 rings (SSSR count). The molecule has 106 valence electrons. The van der Waals surface area contributed by atoms with Crippen molar-refractivity contribution in [3.8, 4) is 5.75 Å². The fraction of sp³-hybridized carbons (Fsp3) is 0.353. The maximum Gasteiger partial charge on any atom is 0.119 e. The molecular weight excluding hydrogens is 248 g/mol. The summed E-state index contributed by atoms with van der Waals surface area (Å²) in [6.45, 7) is 7.72. The van der Waals surface area contributed by atoms with E-state index in [9.17, 15) is 0 Å². The number of aryl methyl sites for hydroxylation is 2. The normalized spacial score (nSPS) is 12.2. The molecule has 1 heterocycles. The predicted octanol–water partition coefficient (Wildman–Crippen LogP) is 3.26. The van der Waals surface area contributed by atoms with Gasteiger partial charge in [-0.1, -0.05) is 23.8 Å². The van der Waals surface area contributed by atoms with Crippen LogP contribution in [0.4, 0.5) is 0 Å². The Morgan fingerprint density at radius 3 is 2.55 bits per heavy atom. The Hall–Kier alpha value is -1.87. The van der Waals surface area contributed by atoms with Gasteiger partial charge in [0.25, 0.3) is 0 Å². The van der Waals surface area contributed by atoms with Crippen molar-refractivity contribution in [1.29, 1.82) is 0 Å². The van der Waals surface area contributed by atoms with Crippen molar-refractivity contribution in [2.45, 2.75) is 33.4 Å². The second kappa shape index (κ2) is 7.06. The van der Waals surface area contributed by atoms with Gasteiger partial charge in [-0.2, -0.15) is 0 Å². The summed E-state index contributed by atoms with van der Waals surface area (Å²) in [5, 5.41) is 3.44. The molecule has 1 aromatic heterocycles. The van der Waals surface area contributed by atoms with Gasteiger partial charge in [0.05, 0.1) is 0 Å². The summed E-state index contributed by atoms with van der Waals surface area (Å²) >= 11 is 0. The molecule has 0 radical (unpaired) electrons. The highest BCUT2D eigenvalue weighted by atomic mass is 16.5. The Morgan fingerprint density at radius 1 is 1.10 bits per heavy atom. The van der Waals surface area contributed by atoms with E-state index in [-0.39, 0.29) is 6.04 Å². The Labute approximate surface area is 121 Å². The molecule has 0 aliphatic heterocycles. The van der Waals surface area contributed by atoms with E-state index in [2.05, 4.69) is 49.3 Å². The highest BCUT2D eigenvalue weighted by molar-refractivity contribution is 5.26. The quantitative estimate of drug-likeness (QED) is 0.875. The Balaban J connectivity index is 1.75. The van der Waals surface area contributed by atoms with Crippen molar-refractivity contribution >= 4 is 0 Å². The first kappa shape index (κ1) is 14.5. The van der Waals surface area contributed by atoms with Crippen LogP contribution >= 0.6 is 0 Å². The fourth-order valence-corrected chi connectivity index (χ4v) is 1.92. The van der Waals surface area contributed by atoms with Crippen LogP contribution < -0.4 is 10.1 Å². The van der Waals surface area contributed by atoms with E-state index in [1.807, 2.05) is 24.5 Å². The zero-order chi connectivity index (χ0) is 14.4. The minimum absolute atomic E-state index is 0.289. The largest absolute Gasteiger partial charge is 0.492 e. The van der Waals surface area contributed by atoms with Crippen molar-refractivity contribution in [3.05, 3.63) is 59.4 Å². The summed E-state index contributed by atoms with van der Waals surface area (Å²) in [6.07, 6.45) is 3.76. The summed E-state index contributed by atoms with van der Waals surface area (Å²) in [5.41, 5.74) is 3.63. The molecule has 3 heteroatoms. The number of aromatic nitrogens is 1. The van der Waals surface area contributed by atoms with Crippen LogP contribution in [-0.4, -0.2) is 17.6 Å². The van der Waals surface area contributed by atoms with E-state index in [0.717, 1.165) is 12.3 Å². The molecule has 0 aliphatic rings. The average Bonchev–Trinajstić information content (AvgIpc) is 2.45. The van der Waals surface area contributed by atoms with Crippen LogP contribution in [0.15, 0.2) is 42.7 Å². The molecular formula is C17H22N2O. The average molecular weight is 270 g/mol. The molecule has 0 amide bonds. The van der Waals surface area contributed by atoms with Gasteiger partial charge in [0.15, 0.2) is 0 Å². The number of nitrogens with one attached hydrogen (secondary N) is 1. The minimum Gasteiger partial charge on any atom is -0.492 e. The van der Waals surface area contributed by atoms with Crippen LogP contribution in [0.1, 0.15) is 23.6 Å². The second-order valence-electron chi connectivity index (χ2n) is 5.28. The lowest BCUT2D eigenvalue weighted by molar-refractivity contribution is 0.272. The first-order chi connectivity index (χ1) is 9.63. The van der Waals surface area contributed by atoms with Gasteiger partial charge in [-0.15, -0.1) is 0 Å². The van der Waals surface area contributed by atoms with Crippen molar-refractivity contribution in [1.82, 2.24) is 10.3 Å². The number of hydrogen-bond donors (Lipinski definition) is 1. The molecule has 1 atom stereocenters. The van der Waals surface area contributed by atoms with Crippen LogP contribution in [0, 0.1) is 13.8 Å². The predicted molar refractivity (Wildman–Crippen MR) is 81.9 cm³/mol. The number of ether oxygens (including phenoxy) is 1. The fourth-order valence-electron chi connectivity index (χ4n) is 1.92. The smallest absolute Gasteiger partial charge is 0.119 e. The summed E-state index contributed by atoms with van der Waals surface area (Å²) in [4.78, 5) is 4.19. The van der Waals surface area contributed by atoms with E-state index in [1.54, 1.807) is 0 Å². The zero-order valence-electron chi connectivity index (χ0n) is 12.4. The molecule has 1 aromatic carbocycles. The lowest BCUT2D eigenvalue weighted by atomic mass is 10.2. The van der Waals surface area contributed by atoms with E-state index in [1.165, 1.54) is 16.7 Å². The Morgan fingerprint density at radius 2 is 1.85 bits per heavy atom. The van der Waals surface area contributed by atoms with Crippen molar-refractivity contribution < 1.29 is 4.74 Å². The van der Waals surface area contributed by atoms with Gasteiger partial charge in [0.1, 0.15) is 12.4 Å². The molecule has 0 bridgehead atoms. The molecule has 20 heavy (non-hydrogen) atoms. The number of nitrogens with zero attached hydrogens (tertiary/aromatic N) is 1. The maximum atomic E-state index is 5.76. The van der Waals surface area contributed by atoms with Crippen molar-refractivity contribution in [3.63, 3.8) is 0 Å². The maximum absolute atomic E-state index is 5.76. The third-order valence-electron chi connectivity index (χ3n) is 3.11. The Kier molecular flexibility index (Phi) is 5.13. The van der Waals surface area contributed by atoms with Gasteiger partial charge in [-0.25, -0.2) is 0 Å². The number of rotatable bonds is 6. The zero-order valence-corrected chi connectivity index (χ0v) is 12.4. The van der Waals surface area contributed by atoms with Crippen molar-refractivity contribution in [2.24, 2.45) is 0 Å². The van der Waals surface area contributed by atoms with Crippen LogP contribution in [0.3, 0.4) is 0 Å². The summed E-state index contributed by atoms with van der Waals surface area (Å²) < 4.78 is 5.76. The van der Waals surface area contributed by atoms with E-state index < -0.39 is 0 Å². The third kappa shape index (κ3) is 4.67. The molecule has 0 saturated carbocycles. The number of hydrogen-bond acceptors (Lipinski definition) is 3. The molecule has 2 aromatic rings. The highest BCUT2D eigenvalue weighted by Gasteiger charge is 2.03. The first-order valence-electron chi connectivity index (χ1n) is 6.97. The first-order valence-corrected chi connectivity index (χ1v) is 6.97. The second-order valence-corrected chi connectivity index (χ2v) is 5.28. The van der Waals surface area contributed by atoms with Gasteiger partial charge in [0.2, 0.25) is 0 Å². The molecule has 0 saturated heterocycles. The van der Waals surface area contributed by atoms with Gasteiger partial charge in [-0.05, 0) is 44.0 Å². The van der Waals surface area contributed by atoms with Crippen LogP contribution in [0.5, 0.6) is 5.75 Å². The van der Waals surface area contributed by atoms with Gasteiger partial charge in [0, 0.05) is 25.0 Å². The molecule has 0 fully saturated rings. The monoisotopic (exact) mass is 270 g/mol. The highest BCUT2D eigenvalue weighted by Crippen LogP contribution is 2.11. The van der Waals surface area contributed by atoms with Gasteiger partial charge in [-0.3, -0.25) is 4.98 Å². The van der Waals surface area contributed by atoms with Crippen molar-refractivity contribution in [2.75, 3.05) is 6.61 Å². The van der Waals surface area contributed by atoms with Gasteiger partial charge >= 0.3 is 0 Å². The molecule has 0 spiro atoms. The molecule has 1 N–H and O–H groups in total. The van der Waals surface area contributed by atoms with E-state index in [4.69, 9.17) is 4.74 Å². The summed E-state index contributed by atoms with van der Waals surface area (Å²) in [6, 6.07) is 10.6. The van der Waals surface area contributed by atoms with Crippen LogP contribution in [-0.2, 0) is 6.54 Å².